The maximum Gasteiger partial charge on any atom is 0.133 e. The van der Waals surface area contributed by atoms with Crippen molar-refractivity contribution < 1.29 is 0 Å². The van der Waals surface area contributed by atoms with Crippen molar-refractivity contribution in [1.29, 1.82) is 0 Å². The molecule has 0 aliphatic heterocycles. The Kier molecular flexibility index (Phi) is 2.89. The quantitative estimate of drug-likeness (QED) is 0.777. The summed E-state index contributed by atoms with van der Waals surface area (Å²) in [6.45, 7) is 0. The van der Waals surface area contributed by atoms with Gasteiger partial charge in [0.1, 0.15) is 5.15 Å². The number of nitrogens with zero attached hydrogens (tertiary/aromatic N) is 2. The molecule has 3 rings (SSSR count). The number of aromatic nitrogens is 2. The van der Waals surface area contributed by atoms with Crippen molar-refractivity contribution in [2.75, 3.05) is 0 Å². The van der Waals surface area contributed by atoms with Gasteiger partial charge in [-0.1, -0.05) is 42.6 Å². The van der Waals surface area contributed by atoms with Crippen LogP contribution in [0.5, 0.6) is 0 Å². The van der Waals surface area contributed by atoms with E-state index in [1.807, 2.05) is 41.1 Å². The van der Waals surface area contributed by atoms with E-state index in [1.54, 1.807) is 0 Å². The van der Waals surface area contributed by atoms with E-state index < -0.39 is 0 Å². The highest BCUT2D eigenvalue weighted by molar-refractivity contribution is 6.29. The van der Waals surface area contributed by atoms with Gasteiger partial charge < -0.3 is 0 Å². The van der Waals surface area contributed by atoms with Crippen molar-refractivity contribution in [3.63, 3.8) is 0 Å². The predicted molar refractivity (Wildman–Crippen MR) is 69.8 cm³/mol. The molecule has 1 fully saturated rings. The Balaban J connectivity index is 1.96. The smallest absolute Gasteiger partial charge is 0.133 e. The SMILES string of the molecule is Clc1cc(C2CCCC2)nn1-c1ccccc1. The highest BCUT2D eigenvalue weighted by Crippen LogP contribution is 2.34. The van der Waals surface area contributed by atoms with E-state index >= 15 is 0 Å². The second-order valence-electron chi connectivity index (χ2n) is 4.62. The first-order chi connectivity index (χ1) is 8.34. The van der Waals surface area contributed by atoms with Gasteiger partial charge in [0.2, 0.25) is 0 Å². The monoisotopic (exact) mass is 246 g/mol. The van der Waals surface area contributed by atoms with Gasteiger partial charge in [-0.3, -0.25) is 0 Å². The minimum Gasteiger partial charge on any atom is -0.222 e. The summed E-state index contributed by atoms with van der Waals surface area (Å²) in [5, 5.41) is 5.35. The molecule has 0 atom stereocenters. The summed E-state index contributed by atoms with van der Waals surface area (Å²) >= 11 is 6.26. The van der Waals surface area contributed by atoms with Gasteiger partial charge >= 0.3 is 0 Å². The van der Waals surface area contributed by atoms with E-state index in [4.69, 9.17) is 11.6 Å². The van der Waals surface area contributed by atoms with Crippen molar-refractivity contribution in [3.8, 4) is 5.69 Å². The molecule has 17 heavy (non-hydrogen) atoms. The second-order valence-corrected chi connectivity index (χ2v) is 5.01. The maximum atomic E-state index is 6.26. The van der Waals surface area contributed by atoms with Crippen LogP contribution in [0.3, 0.4) is 0 Å². The minimum atomic E-state index is 0.609. The van der Waals surface area contributed by atoms with E-state index in [0.29, 0.717) is 11.1 Å². The Morgan fingerprint density at radius 3 is 2.53 bits per heavy atom. The van der Waals surface area contributed by atoms with Crippen LogP contribution in [-0.4, -0.2) is 9.78 Å². The van der Waals surface area contributed by atoms with Gasteiger partial charge in [0.05, 0.1) is 11.4 Å². The number of rotatable bonds is 2. The van der Waals surface area contributed by atoms with Gasteiger partial charge in [0.25, 0.3) is 0 Å². The van der Waals surface area contributed by atoms with Gasteiger partial charge in [0, 0.05) is 5.92 Å². The van der Waals surface area contributed by atoms with Gasteiger partial charge in [-0.25, -0.2) is 4.68 Å². The van der Waals surface area contributed by atoms with Crippen molar-refractivity contribution >= 4 is 11.6 Å². The average molecular weight is 247 g/mol. The predicted octanol–water partition coefficient (Wildman–Crippen LogP) is 4.18. The molecule has 1 saturated carbocycles. The van der Waals surface area contributed by atoms with Crippen LogP contribution in [0, 0.1) is 0 Å². The van der Waals surface area contributed by atoms with E-state index in [0.717, 1.165) is 11.4 Å². The third kappa shape index (κ3) is 2.09. The largest absolute Gasteiger partial charge is 0.222 e. The molecule has 0 unspecified atom stereocenters. The van der Waals surface area contributed by atoms with E-state index in [-0.39, 0.29) is 0 Å². The normalized spacial score (nSPS) is 16.5. The van der Waals surface area contributed by atoms with Gasteiger partial charge in [-0.2, -0.15) is 5.10 Å². The van der Waals surface area contributed by atoms with Crippen molar-refractivity contribution in [2.45, 2.75) is 31.6 Å². The minimum absolute atomic E-state index is 0.609. The average Bonchev–Trinajstić information content (AvgIpc) is 2.99. The van der Waals surface area contributed by atoms with Crippen LogP contribution in [0.2, 0.25) is 5.15 Å². The van der Waals surface area contributed by atoms with E-state index in [2.05, 4.69) is 5.10 Å². The zero-order valence-electron chi connectivity index (χ0n) is 9.64. The summed E-state index contributed by atoms with van der Waals surface area (Å²) in [7, 11) is 0. The molecule has 2 nitrogen and oxygen atoms in total. The zero-order valence-corrected chi connectivity index (χ0v) is 10.4. The summed E-state index contributed by atoms with van der Waals surface area (Å²) in [6.07, 6.45) is 5.14. The summed E-state index contributed by atoms with van der Waals surface area (Å²) in [5.41, 5.74) is 2.18. The third-order valence-electron chi connectivity index (χ3n) is 3.46. The Morgan fingerprint density at radius 1 is 1.12 bits per heavy atom. The molecule has 0 spiro atoms. The lowest BCUT2D eigenvalue weighted by Gasteiger charge is -2.04. The molecule has 88 valence electrons. The molecule has 1 aliphatic rings. The Morgan fingerprint density at radius 2 is 1.82 bits per heavy atom. The molecule has 0 bridgehead atoms. The third-order valence-corrected chi connectivity index (χ3v) is 3.73. The topological polar surface area (TPSA) is 17.8 Å². The molecular formula is C14H15ClN2. The van der Waals surface area contributed by atoms with Gasteiger partial charge in [-0.15, -0.1) is 0 Å². The standard InChI is InChI=1S/C14H15ClN2/c15-14-10-13(11-6-4-5-7-11)16-17(14)12-8-2-1-3-9-12/h1-3,8-11H,4-7H2. The summed E-state index contributed by atoms with van der Waals surface area (Å²) < 4.78 is 1.83. The fourth-order valence-electron chi connectivity index (χ4n) is 2.55. The lowest BCUT2D eigenvalue weighted by atomic mass is 10.1. The van der Waals surface area contributed by atoms with Gasteiger partial charge in [-0.05, 0) is 31.0 Å². The molecule has 1 aromatic heterocycles. The zero-order chi connectivity index (χ0) is 11.7. The van der Waals surface area contributed by atoms with Crippen LogP contribution in [0.25, 0.3) is 5.69 Å². The maximum absolute atomic E-state index is 6.26. The lowest BCUT2D eigenvalue weighted by Crippen LogP contribution is -1.99. The molecule has 2 aromatic rings. The molecule has 0 saturated heterocycles. The summed E-state index contributed by atoms with van der Waals surface area (Å²) in [5.74, 6) is 0.609. The second kappa shape index (κ2) is 4.53. The van der Waals surface area contributed by atoms with Crippen LogP contribution in [0.15, 0.2) is 36.4 Å². The lowest BCUT2D eigenvalue weighted by molar-refractivity contribution is 0.679. The summed E-state index contributed by atoms with van der Waals surface area (Å²) in [6, 6.07) is 12.1. The van der Waals surface area contributed by atoms with Crippen LogP contribution >= 0.6 is 11.6 Å². The Hall–Kier alpha value is -1.28. The molecule has 1 aromatic carbocycles. The molecule has 0 radical (unpaired) electrons. The van der Waals surface area contributed by atoms with Crippen molar-refractivity contribution in [3.05, 3.63) is 47.2 Å². The highest BCUT2D eigenvalue weighted by atomic mass is 35.5. The number of halogens is 1. The van der Waals surface area contributed by atoms with Crippen LogP contribution in [0.4, 0.5) is 0 Å². The van der Waals surface area contributed by atoms with E-state index in [9.17, 15) is 0 Å². The van der Waals surface area contributed by atoms with Crippen LogP contribution < -0.4 is 0 Å². The molecule has 0 amide bonds. The first-order valence-electron chi connectivity index (χ1n) is 6.15. The first-order valence-corrected chi connectivity index (χ1v) is 6.53. The molecule has 0 N–H and O–H groups in total. The number of hydrogen-bond donors (Lipinski definition) is 0. The fraction of sp³-hybridized carbons (Fsp3) is 0.357. The van der Waals surface area contributed by atoms with Crippen molar-refractivity contribution in [2.24, 2.45) is 0 Å². The Bertz CT molecular complexity index is 498. The highest BCUT2D eigenvalue weighted by Gasteiger charge is 2.21. The fourth-order valence-corrected chi connectivity index (χ4v) is 2.79. The molecule has 1 aliphatic carbocycles. The number of para-hydroxylation sites is 1. The number of hydrogen-bond acceptors (Lipinski definition) is 1. The summed E-state index contributed by atoms with van der Waals surface area (Å²) in [4.78, 5) is 0. The van der Waals surface area contributed by atoms with E-state index in [1.165, 1.54) is 25.7 Å². The first kappa shape index (κ1) is 10.8. The molecule has 1 heterocycles. The van der Waals surface area contributed by atoms with Crippen LogP contribution in [0.1, 0.15) is 37.3 Å². The number of benzene rings is 1. The molecule has 3 heteroatoms. The van der Waals surface area contributed by atoms with Crippen LogP contribution in [-0.2, 0) is 0 Å². The van der Waals surface area contributed by atoms with Crippen molar-refractivity contribution in [1.82, 2.24) is 9.78 Å². The Labute approximate surface area is 106 Å². The van der Waals surface area contributed by atoms with Gasteiger partial charge in [0.15, 0.2) is 0 Å². The molecular weight excluding hydrogens is 232 g/mol.